The van der Waals surface area contributed by atoms with E-state index < -0.39 is 12.7 Å². The van der Waals surface area contributed by atoms with Crippen molar-refractivity contribution in [2.45, 2.75) is 33.5 Å². The zero-order valence-electron chi connectivity index (χ0n) is 13.8. The molecule has 0 unspecified atom stereocenters. The van der Waals surface area contributed by atoms with Crippen molar-refractivity contribution in [1.82, 2.24) is 0 Å². The number of anilines is 1. The number of benzene rings is 2. The van der Waals surface area contributed by atoms with E-state index in [2.05, 4.69) is 17.0 Å². The summed E-state index contributed by atoms with van der Waals surface area (Å²) in [5, 5.41) is 2.43. The highest BCUT2D eigenvalue weighted by Crippen LogP contribution is 2.28. The molecule has 0 spiro atoms. The maximum absolute atomic E-state index is 12.1. The number of amides is 1. The summed E-state index contributed by atoms with van der Waals surface area (Å²) >= 11 is 6.05. The van der Waals surface area contributed by atoms with E-state index in [9.17, 15) is 13.6 Å². The van der Waals surface area contributed by atoms with E-state index in [0.29, 0.717) is 11.3 Å². The molecule has 0 heterocycles. The molecule has 0 aromatic heterocycles. The van der Waals surface area contributed by atoms with Gasteiger partial charge in [-0.1, -0.05) is 42.8 Å². The van der Waals surface area contributed by atoms with Crippen LogP contribution in [0.25, 0.3) is 0 Å². The largest absolute Gasteiger partial charge is 0.489 e. The second-order valence-corrected chi connectivity index (χ2v) is 5.71. The fraction of sp³-hybridized carbons (Fsp3) is 0.278. The van der Waals surface area contributed by atoms with Crippen molar-refractivity contribution >= 4 is 23.4 Å². The number of ether oxygens (including phenoxy) is 2. The monoisotopic (exact) mass is 369 g/mol. The van der Waals surface area contributed by atoms with Crippen molar-refractivity contribution in [3.8, 4) is 5.75 Å². The number of nitrogens with one attached hydrogen (secondary N) is 1. The van der Waals surface area contributed by atoms with Crippen LogP contribution in [0.3, 0.4) is 0 Å². The van der Waals surface area contributed by atoms with Crippen LogP contribution in [-0.2, 0) is 17.8 Å². The molecule has 2 aromatic rings. The first-order chi connectivity index (χ1) is 11.9. The molecule has 0 fully saturated rings. The summed E-state index contributed by atoms with van der Waals surface area (Å²) in [4.78, 5) is 11.4. The summed E-state index contributed by atoms with van der Waals surface area (Å²) in [6.07, 6.45) is -0.358. The lowest BCUT2D eigenvalue weighted by molar-refractivity contribution is -0.0766. The number of alkyl halides is 2. The van der Waals surface area contributed by atoms with Crippen LogP contribution in [0.2, 0.25) is 5.02 Å². The zero-order chi connectivity index (χ0) is 18.4. The molecule has 1 amide bonds. The lowest BCUT2D eigenvalue weighted by atomic mass is 10.1. The second kappa shape index (κ2) is 8.67. The summed E-state index contributed by atoms with van der Waals surface area (Å²) in [6, 6.07) is 10.8. The quantitative estimate of drug-likeness (QED) is 0.725. The summed E-state index contributed by atoms with van der Waals surface area (Å²) in [6.45, 7) is 0.905. The Bertz CT molecular complexity index is 753. The number of aryl methyl sites for hydroxylation is 2. The third-order valence-corrected chi connectivity index (χ3v) is 3.87. The third-order valence-electron chi connectivity index (χ3n) is 3.55. The Hall–Kier alpha value is -2.34. The molecule has 4 nitrogen and oxygen atoms in total. The van der Waals surface area contributed by atoms with Gasteiger partial charge in [0, 0.05) is 5.56 Å². The average Bonchev–Trinajstić information content (AvgIpc) is 2.55. The van der Waals surface area contributed by atoms with Gasteiger partial charge < -0.3 is 9.47 Å². The van der Waals surface area contributed by atoms with Crippen molar-refractivity contribution in [2.75, 3.05) is 5.32 Å². The molecule has 0 aliphatic heterocycles. The number of para-hydroxylation sites is 1. The minimum atomic E-state index is -3.21. The first kappa shape index (κ1) is 19.0. The molecule has 134 valence electrons. The molecule has 0 bridgehead atoms. The second-order valence-electron chi connectivity index (χ2n) is 5.31. The van der Waals surface area contributed by atoms with Crippen LogP contribution in [-0.4, -0.2) is 12.7 Å². The fourth-order valence-corrected chi connectivity index (χ4v) is 2.53. The standard InChI is InChI=1S/C18H18ClF2NO3/c1-3-12-7-8-15(11(2)9-12)24-10-13-5-4-6-14(19)16(13)22-18(23)25-17(20)21/h4-9,17H,3,10H2,1-2H3,(H,22,23). The Morgan fingerprint density at radius 2 is 2.04 bits per heavy atom. The lowest BCUT2D eigenvalue weighted by Crippen LogP contribution is -2.18. The van der Waals surface area contributed by atoms with Gasteiger partial charge in [-0.15, -0.1) is 0 Å². The molecule has 2 rings (SSSR count). The maximum Gasteiger partial charge on any atom is 0.416 e. The molecule has 2 aromatic carbocycles. The molecule has 7 heteroatoms. The number of hydrogen-bond donors (Lipinski definition) is 1. The summed E-state index contributed by atoms with van der Waals surface area (Å²) in [5.41, 5.74) is 2.90. The molecular formula is C18H18ClF2NO3. The van der Waals surface area contributed by atoms with E-state index in [1.807, 2.05) is 25.1 Å². The van der Waals surface area contributed by atoms with Gasteiger partial charge in [-0.3, -0.25) is 5.32 Å². The van der Waals surface area contributed by atoms with E-state index in [1.54, 1.807) is 12.1 Å². The number of carbonyl (C=O) groups is 1. The highest BCUT2D eigenvalue weighted by Gasteiger charge is 2.15. The molecular weight excluding hydrogens is 352 g/mol. The van der Waals surface area contributed by atoms with Gasteiger partial charge in [0.2, 0.25) is 0 Å². The van der Waals surface area contributed by atoms with E-state index in [1.165, 1.54) is 11.6 Å². The molecule has 0 saturated heterocycles. The molecule has 25 heavy (non-hydrogen) atoms. The van der Waals surface area contributed by atoms with E-state index in [-0.39, 0.29) is 17.3 Å². The number of rotatable bonds is 6. The Balaban J connectivity index is 2.14. The van der Waals surface area contributed by atoms with Crippen molar-refractivity contribution in [1.29, 1.82) is 0 Å². The lowest BCUT2D eigenvalue weighted by Gasteiger charge is -2.15. The topological polar surface area (TPSA) is 47.6 Å². The van der Waals surface area contributed by atoms with Gasteiger partial charge >= 0.3 is 12.7 Å². The Labute approximate surface area is 149 Å². The number of carbonyl (C=O) groups excluding carboxylic acids is 1. The first-order valence-electron chi connectivity index (χ1n) is 7.66. The molecule has 0 radical (unpaired) electrons. The number of hydrogen-bond acceptors (Lipinski definition) is 3. The Morgan fingerprint density at radius 1 is 1.28 bits per heavy atom. The molecule has 0 aliphatic rings. The van der Waals surface area contributed by atoms with Gasteiger partial charge in [0.15, 0.2) is 0 Å². The molecule has 1 N–H and O–H groups in total. The summed E-state index contributed by atoms with van der Waals surface area (Å²) < 4.78 is 33.8. The van der Waals surface area contributed by atoms with Crippen LogP contribution in [0.1, 0.15) is 23.6 Å². The van der Waals surface area contributed by atoms with Gasteiger partial charge in [0.05, 0.1) is 10.7 Å². The van der Waals surface area contributed by atoms with Crippen molar-refractivity contribution in [2.24, 2.45) is 0 Å². The van der Waals surface area contributed by atoms with E-state index >= 15 is 0 Å². The van der Waals surface area contributed by atoms with Crippen LogP contribution in [0.15, 0.2) is 36.4 Å². The minimum Gasteiger partial charge on any atom is -0.489 e. The first-order valence-corrected chi connectivity index (χ1v) is 8.04. The molecule has 0 atom stereocenters. The molecule has 0 aliphatic carbocycles. The van der Waals surface area contributed by atoms with Gasteiger partial charge in [0.25, 0.3) is 0 Å². The molecule has 0 saturated carbocycles. The normalized spacial score (nSPS) is 10.6. The van der Waals surface area contributed by atoms with Gasteiger partial charge in [-0.25, -0.2) is 4.79 Å². The minimum absolute atomic E-state index is 0.108. The predicted molar refractivity (Wildman–Crippen MR) is 92.4 cm³/mol. The van der Waals surface area contributed by atoms with Crippen LogP contribution in [0, 0.1) is 6.92 Å². The average molecular weight is 370 g/mol. The van der Waals surface area contributed by atoms with Crippen LogP contribution in [0.4, 0.5) is 19.3 Å². The van der Waals surface area contributed by atoms with E-state index in [4.69, 9.17) is 16.3 Å². The zero-order valence-corrected chi connectivity index (χ0v) is 14.6. The summed E-state index contributed by atoms with van der Waals surface area (Å²) in [7, 11) is 0. The smallest absolute Gasteiger partial charge is 0.416 e. The van der Waals surface area contributed by atoms with Gasteiger partial charge in [0.1, 0.15) is 12.4 Å². The van der Waals surface area contributed by atoms with Gasteiger partial charge in [-0.05, 0) is 36.6 Å². The van der Waals surface area contributed by atoms with E-state index in [0.717, 1.165) is 12.0 Å². The highest BCUT2D eigenvalue weighted by atomic mass is 35.5. The van der Waals surface area contributed by atoms with Crippen molar-refractivity contribution in [3.63, 3.8) is 0 Å². The maximum atomic E-state index is 12.1. The van der Waals surface area contributed by atoms with Gasteiger partial charge in [-0.2, -0.15) is 8.78 Å². The summed E-state index contributed by atoms with van der Waals surface area (Å²) in [5.74, 6) is 0.693. The Morgan fingerprint density at radius 3 is 2.68 bits per heavy atom. The van der Waals surface area contributed by atoms with Crippen molar-refractivity contribution in [3.05, 3.63) is 58.1 Å². The SMILES string of the molecule is CCc1ccc(OCc2cccc(Cl)c2NC(=O)OC(F)F)c(C)c1. The van der Waals surface area contributed by atoms with Crippen LogP contribution >= 0.6 is 11.6 Å². The van der Waals surface area contributed by atoms with Crippen molar-refractivity contribution < 1.29 is 23.0 Å². The predicted octanol–water partition coefficient (Wildman–Crippen LogP) is 5.56. The fourth-order valence-electron chi connectivity index (χ4n) is 2.29. The highest BCUT2D eigenvalue weighted by molar-refractivity contribution is 6.33. The number of halogens is 3. The van der Waals surface area contributed by atoms with Crippen LogP contribution < -0.4 is 10.1 Å². The third kappa shape index (κ3) is 5.32. The van der Waals surface area contributed by atoms with Crippen LogP contribution in [0.5, 0.6) is 5.75 Å². The Kier molecular flexibility index (Phi) is 6.58.